The molecule has 1 unspecified atom stereocenters. The molecule has 36 heavy (non-hydrogen) atoms. The number of piperidine rings is 1. The van der Waals surface area contributed by atoms with Gasteiger partial charge >= 0.3 is 0 Å². The highest BCUT2D eigenvalue weighted by atomic mass is 32.2. The zero-order valence-corrected chi connectivity index (χ0v) is 21.0. The molecule has 190 valence electrons. The van der Waals surface area contributed by atoms with E-state index in [4.69, 9.17) is 10.7 Å². The largest absolute Gasteiger partial charge is 0.387 e. The van der Waals surface area contributed by atoms with Gasteiger partial charge in [0, 0.05) is 53.2 Å². The molecule has 2 aliphatic heterocycles. The predicted molar refractivity (Wildman–Crippen MR) is 133 cm³/mol. The van der Waals surface area contributed by atoms with Crippen LogP contribution in [0.2, 0.25) is 0 Å². The Bertz CT molecular complexity index is 1430. The minimum atomic E-state index is -3.70. The van der Waals surface area contributed by atoms with Crippen LogP contribution < -0.4 is 5.73 Å². The number of carbonyl (C=O) groups excluding carboxylic acids is 1. The van der Waals surface area contributed by atoms with E-state index < -0.39 is 16.4 Å². The second-order valence-electron chi connectivity index (χ2n) is 10.4. The van der Waals surface area contributed by atoms with Gasteiger partial charge in [-0.2, -0.15) is 9.61 Å². The quantitative estimate of drug-likeness (QED) is 0.532. The van der Waals surface area contributed by atoms with E-state index in [0.29, 0.717) is 30.1 Å². The third-order valence-electron chi connectivity index (χ3n) is 8.20. The topological polar surface area (TPSA) is 144 Å². The van der Waals surface area contributed by atoms with Crippen LogP contribution in [0.3, 0.4) is 0 Å². The molecule has 3 aliphatic rings. The fourth-order valence-corrected chi connectivity index (χ4v) is 7.34. The molecule has 3 atom stereocenters. The molecule has 6 rings (SSSR count). The number of anilines is 1. The predicted octanol–water partition coefficient (Wildman–Crippen LogP) is 2.27. The van der Waals surface area contributed by atoms with Crippen LogP contribution in [0.15, 0.2) is 29.4 Å². The first kappa shape index (κ1) is 23.4. The number of fused-ring (bicyclic) bond motifs is 3. The number of nitrogens with two attached hydrogens (primary N) is 1. The van der Waals surface area contributed by atoms with E-state index in [1.165, 1.54) is 23.8 Å². The van der Waals surface area contributed by atoms with Gasteiger partial charge in [0.15, 0.2) is 15.5 Å². The highest BCUT2D eigenvalue weighted by Crippen LogP contribution is 2.45. The van der Waals surface area contributed by atoms with Gasteiger partial charge in [0.2, 0.25) is 5.91 Å². The van der Waals surface area contributed by atoms with E-state index in [9.17, 15) is 18.3 Å². The highest BCUT2D eigenvalue weighted by molar-refractivity contribution is 7.91. The summed E-state index contributed by atoms with van der Waals surface area (Å²) in [5, 5.41) is 13.8. The maximum absolute atomic E-state index is 12.9. The average Bonchev–Trinajstić information content (AvgIpc) is 3.35. The van der Waals surface area contributed by atoms with Crippen molar-refractivity contribution in [3.8, 4) is 11.1 Å². The average molecular weight is 511 g/mol. The lowest BCUT2D eigenvalue weighted by molar-refractivity contribution is -0.138. The molecular formula is C25H30N6O4S. The van der Waals surface area contributed by atoms with Crippen LogP contribution >= 0.6 is 0 Å². The summed E-state index contributed by atoms with van der Waals surface area (Å²) in [6.45, 7) is -0.518. The smallest absolute Gasteiger partial charge is 0.248 e. The first-order chi connectivity index (χ1) is 17.3. The minimum Gasteiger partial charge on any atom is -0.387 e. The molecule has 3 aromatic heterocycles. The molecule has 2 bridgehead atoms. The third-order valence-corrected chi connectivity index (χ3v) is 9.36. The molecular weight excluding hydrogens is 480 g/mol. The van der Waals surface area contributed by atoms with Crippen LogP contribution in [0.4, 0.5) is 5.82 Å². The van der Waals surface area contributed by atoms with Crippen molar-refractivity contribution in [3.63, 3.8) is 0 Å². The van der Waals surface area contributed by atoms with Crippen LogP contribution in [0.1, 0.15) is 68.2 Å². The third kappa shape index (κ3) is 3.67. The SMILES string of the molecule is CS(=O)(=O)c1c(C2C[C@H]3CC[C@@H](C2)N3C(=O)CO)nc2c(-c3ccc(C4CCC4)nc3)cnn2c1N. The lowest BCUT2D eigenvalue weighted by Gasteiger charge is -2.39. The van der Waals surface area contributed by atoms with Crippen molar-refractivity contribution in [1.29, 1.82) is 0 Å². The molecule has 3 N–H and O–H groups in total. The fraction of sp³-hybridized carbons (Fsp3) is 0.520. The Morgan fingerprint density at radius 2 is 1.83 bits per heavy atom. The number of carbonyl (C=O) groups is 1. The highest BCUT2D eigenvalue weighted by Gasteiger charge is 2.45. The van der Waals surface area contributed by atoms with Crippen molar-refractivity contribution < 1.29 is 18.3 Å². The summed E-state index contributed by atoms with van der Waals surface area (Å²) in [5.41, 5.74) is 10.1. The Morgan fingerprint density at radius 3 is 2.39 bits per heavy atom. The molecule has 0 aromatic carbocycles. The summed E-state index contributed by atoms with van der Waals surface area (Å²) in [5.74, 6) is 0.121. The molecule has 1 amide bonds. The van der Waals surface area contributed by atoms with Crippen molar-refractivity contribution in [3.05, 3.63) is 35.9 Å². The summed E-state index contributed by atoms with van der Waals surface area (Å²) in [6, 6.07) is 3.96. The molecule has 3 aromatic rings. The number of hydrogen-bond donors (Lipinski definition) is 2. The summed E-state index contributed by atoms with van der Waals surface area (Å²) < 4.78 is 27.2. The Morgan fingerprint density at radius 1 is 1.11 bits per heavy atom. The molecule has 1 aliphatic carbocycles. The molecule has 11 heteroatoms. The van der Waals surface area contributed by atoms with Crippen LogP contribution in [-0.2, 0) is 14.6 Å². The number of amides is 1. The lowest BCUT2D eigenvalue weighted by atomic mass is 9.82. The van der Waals surface area contributed by atoms with E-state index in [1.807, 2.05) is 18.3 Å². The van der Waals surface area contributed by atoms with Gasteiger partial charge in [-0.3, -0.25) is 9.78 Å². The van der Waals surface area contributed by atoms with Gasteiger partial charge in [-0.15, -0.1) is 0 Å². The maximum atomic E-state index is 12.9. The number of nitrogens with zero attached hydrogens (tertiary/aromatic N) is 5. The number of hydrogen-bond acceptors (Lipinski definition) is 8. The number of aliphatic hydroxyl groups excluding tert-OH is 1. The normalized spacial score (nSPS) is 24.3. The minimum absolute atomic E-state index is 0.00874. The molecule has 0 spiro atoms. The van der Waals surface area contributed by atoms with Crippen molar-refractivity contribution in [2.24, 2.45) is 0 Å². The Balaban J connectivity index is 1.44. The summed E-state index contributed by atoms with van der Waals surface area (Å²) >= 11 is 0. The van der Waals surface area contributed by atoms with Gasteiger partial charge in [0.05, 0.1) is 11.9 Å². The van der Waals surface area contributed by atoms with Crippen molar-refractivity contribution >= 4 is 27.2 Å². The summed E-state index contributed by atoms with van der Waals surface area (Å²) in [7, 11) is -3.70. The van der Waals surface area contributed by atoms with Crippen molar-refractivity contribution in [1.82, 2.24) is 24.5 Å². The van der Waals surface area contributed by atoms with Gasteiger partial charge < -0.3 is 15.7 Å². The van der Waals surface area contributed by atoms with Gasteiger partial charge in [0.25, 0.3) is 0 Å². The molecule has 3 fully saturated rings. The van der Waals surface area contributed by atoms with Crippen molar-refractivity contribution in [2.45, 2.75) is 73.8 Å². The first-order valence-corrected chi connectivity index (χ1v) is 14.4. The second-order valence-corrected chi connectivity index (χ2v) is 12.3. The van der Waals surface area contributed by atoms with Crippen LogP contribution in [0.25, 0.3) is 16.8 Å². The van der Waals surface area contributed by atoms with Crippen molar-refractivity contribution in [2.75, 3.05) is 18.6 Å². The fourth-order valence-electron chi connectivity index (χ4n) is 6.28. The van der Waals surface area contributed by atoms with E-state index in [-0.39, 0.29) is 34.6 Å². The van der Waals surface area contributed by atoms with Gasteiger partial charge in [-0.25, -0.2) is 13.4 Å². The molecule has 5 heterocycles. The molecule has 1 saturated carbocycles. The Kier molecular flexibility index (Phi) is 5.52. The maximum Gasteiger partial charge on any atom is 0.248 e. The van der Waals surface area contributed by atoms with Gasteiger partial charge in [0.1, 0.15) is 17.3 Å². The number of rotatable bonds is 5. The Hall–Kier alpha value is -3.05. The zero-order chi connectivity index (χ0) is 25.2. The van der Waals surface area contributed by atoms with E-state index in [2.05, 4.69) is 10.1 Å². The van der Waals surface area contributed by atoms with Crippen LogP contribution in [0.5, 0.6) is 0 Å². The number of pyridine rings is 1. The summed E-state index contributed by atoms with van der Waals surface area (Å²) in [6.07, 6.45) is 11.0. The Labute approximate surface area is 209 Å². The van der Waals surface area contributed by atoms with E-state index in [1.54, 1.807) is 11.1 Å². The molecule has 10 nitrogen and oxygen atoms in total. The van der Waals surface area contributed by atoms with E-state index >= 15 is 0 Å². The number of sulfone groups is 1. The van der Waals surface area contributed by atoms with Crippen LogP contribution in [-0.4, -0.2) is 68.9 Å². The standard InChI is InChI=1S/C25H30N6O4S/c1-36(34,35)23-22(16-9-17-6-7-18(10-16)30(17)21(33)13-32)29-25-19(12-28-31(25)24(23)26)15-5-8-20(27-11-15)14-3-2-4-14/h5,8,11-12,14,16-18,32H,2-4,6-7,9-10,13,26H2,1H3/t16?,17-,18+. The van der Waals surface area contributed by atoms with Gasteiger partial charge in [-0.05, 0) is 44.6 Å². The van der Waals surface area contributed by atoms with Gasteiger partial charge in [-0.1, -0.05) is 12.5 Å². The number of aromatic nitrogens is 4. The zero-order valence-electron chi connectivity index (χ0n) is 20.2. The lowest BCUT2D eigenvalue weighted by Crippen LogP contribution is -2.47. The summed E-state index contributed by atoms with van der Waals surface area (Å²) in [4.78, 5) is 23.7. The number of aliphatic hydroxyl groups is 1. The molecule has 0 radical (unpaired) electrons. The van der Waals surface area contributed by atoms with E-state index in [0.717, 1.165) is 35.9 Å². The number of nitrogen functional groups attached to an aromatic ring is 1. The first-order valence-electron chi connectivity index (χ1n) is 12.5. The monoisotopic (exact) mass is 510 g/mol. The second kappa shape index (κ2) is 8.52. The van der Waals surface area contributed by atoms with Crippen LogP contribution in [0, 0.1) is 0 Å². The molecule has 2 saturated heterocycles.